The monoisotopic (exact) mass is 236 g/mol. The number of ketones is 1. The molecule has 4 heteroatoms. The van der Waals surface area contributed by atoms with Crippen LogP contribution in [0.25, 0.3) is 0 Å². The standard InChI is InChI=1S/C13H16O4/c1-9(14)8-11(13(16)17-2)12(15)10-6-4-3-5-7-10/h3-7,11-12,15H,8H2,1-2H3/t11-,12+/m0/s1. The molecule has 0 aromatic heterocycles. The van der Waals surface area contributed by atoms with Gasteiger partial charge in [0.15, 0.2) is 0 Å². The van der Waals surface area contributed by atoms with E-state index in [4.69, 9.17) is 0 Å². The molecule has 4 nitrogen and oxygen atoms in total. The van der Waals surface area contributed by atoms with Crippen LogP contribution in [0.15, 0.2) is 30.3 Å². The first-order valence-electron chi connectivity index (χ1n) is 5.36. The van der Waals surface area contributed by atoms with Gasteiger partial charge in [-0.05, 0) is 12.5 Å². The van der Waals surface area contributed by atoms with Crippen molar-refractivity contribution < 1.29 is 19.4 Å². The lowest BCUT2D eigenvalue weighted by molar-refractivity contribution is -0.151. The number of Topliss-reactive ketones (excluding diaryl/α,β-unsaturated/α-hetero) is 1. The number of esters is 1. The van der Waals surface area contributed by atoms with Crippen LogP contribution < -0.4 is 0 Å². The first-order valence-corrected chi connectivity index (χ1v) is 5.36. The highest BCUT2D eigenvalue weighted by Crippen LogP contribution is 2.25. The Morgan fingerprint density at radius 2 is 1.88 bits per heavy atom. The van der Waals surface area contributed by atoms with Crippen molar-refractivity contribution in [2.45, 2.75) is 19.4 Å². The lowest BCUT2D eigenvalue weighted by Gasteiger charge is -2.19. The summed E-state index contributed by atoms with van der Waals surface area (Å²) in [4.78, 5) is 22.6. The number of hydrogen-bond donors (Lipinski definition) is 1. The van der Waals surface area contributed by atoms with Gasteiger partial charge in [-0.1, -0.05) is 30.3 Å². The Balaban J connectivity index is 2.90. The lowest BCUT2D eigenvalue weighted by Crippen LogP contribution is -2.25. The second-order valence-electron chi connectivity index (χ2n) is 3.89. The van der Waals surface area contributed by atoms with Crippen LogP contribution in [0.5, 0.6) is 0 Å². The molecule has 0 saturated heterocycles. The Labute approximate surface area is 100 Å². The molecule has 0 spiro atoms. The van der Waals surface area contributed by atoms with Gasteiger partial charge in [-0.3, -0.25) is 4.79 Å². The Morgan fingerprint density at radius 1 is 1.29 bits per heavy atom. The summed E-state index contributed by atoms with van der Waals surface area (Å²) in [5.74, 6) is -1.58. The highest BCUT2D eigenvalue weighted by atomic mass is 16.5. The summed E-state index contributed by atoms with van der Waals surface area (Å²) in [7, 11) is 1.24. The highest BCUT2D eigenvalue weighted by Gasteiger charge is 2.29. The van der Waals surface area contributed by atoms with Gasteiger partial charge in [-0.15, -0.1) is 0 Å². The van der Waals surface area contributed by atoms with Gasteiger partial charge in [0.2, 0.25) is 0 Å². The maximum absolute atomic E-state index is 11.5. The molecule has 0 bridgehead atoms. The van der Waals surface area contributed by atoms with Gasteiger partial charge in [-0.2, -0.15) is 0 Å². The van der Waals surface area contributed by atoms with Crippen LogP contribution in [0.3, 0.4) is 0 Å². The molecular weight excluding hydrogens is 220 g/mol. The van der Waals surface area contributed by atoms with E-state index in [1.165, 1.54) is 14.0 Å². The summed E-state index contributed by atoms with van der Waals surface area (Å²) in [6.45, 7) is 1.38. The number of carbonyl (C=O) groups is 2. The number of benzene rings is 1. The predicted octanol–water partition coefficient (Wildman–Crippen LogP) is 1.49. The topological polar surface area (TPSA) is 63.6 Å². The fourth-order valence-electron chi connectivity index (χ4n) is 1.67. The Bertz CT molecular complexity index is 386. The van der Waals surface area contributed by atoms with Crippen molar-refractivity contribution in [1.82, 2.24) is 0 Å². The van der Waals surface area contributed by atoms with E-state index in [9.17, 15) is 14.7 Å². The van der Waals surface area contributed by atoms with E-state index in [0.29, 0.717) is 5.56 Å². The number of methoxy groups -OCH3 is 1. The SMILES string of the molecule is COC(=O)[C@@H](CC(C)=O)[C@H](O)c1ccccc1. The summed E-state index contributed by atoms with van der Waals surface area (Å²) >= 11 is 0. The summed E-state index contributed by atoms with van der Waals surface area (Å²) in [5.41, 5.74) is 0.601. The molecule has 0 heterocycles. The Kier molecular flexibility index (Phi) is 4.84. The minimum Gasteiger partial charge on any atom is -0.469 e. The van der Waals surface area contributed by atoms with E-state index < -0.39 is 18.0 Å². The van der Waals surface area contributed by atoms with Crippen LogP contribution >= 0.6 is 0 Å². The van der Waals surface area contributed by atoms with Crippen LogP contribution in [0.1, 0.15) is 25.0 Å². The molecule has 0 aliphatic heterocycles. The average Bonchev–Trinajstić information content (AvgIpc) is 2.35. The van der Waals surface area contributed by atoms with Crippen molar-refractivity contribution in [3.63, 3.8) is 0 Å². The van der Waals surface area contributed by atoms with Crippen molar-refractivity contribution in [1.29, 1.82) is 0 Å². The van der Waals surface area contributed by atoms with Crippen LogP contribution in [-0.2, 0) is 14.3 Å². The van der Waals surface area contributed by atoms with E-state index in [1.807, 2.05) is 6.07 Å². The normalized spacial score (nSPS) is 13.8. The lowest BCUT2D eigenvalue weighted by atomic mass is 9.91. The first kappa shape index (κ1) is 13.4. The Morgan fingerprint density at radius 3 is 2.35 bits per heavy atom. The molecule has 92 valence electrons. The molecule has 0 fully saturated rings. The highest BCUT2D eigenvalue weighted by molar-refractivity contribution is 5.83. The number of ether oxygens (including phenoxy) is 1. The maximum atomic E-state index is 11.5. The number of aliphatic hydroxyl groups excluding tert-OH is 1. The molecule has 1 rings (SSSR count). The van der Waals surface area contributed by atoms with E-state index >= 15 is 0 Å². The van der Waals surface area contributed by atoms with Crippen LogP contribution in [-0.4, -0.2) is 24.0 Å². The second-order valence-corrected chi connectivity index (χ2v) is 3.89. The molecule has 0 unspecified atom stereocenters. The number of aliphatic hydroxyl groups is 1. The zero-order chi connectivity index (χ0) is 12.8. The molecule has 1 N–H and O–H groups in total. The van der Waals surface area contributed by atoms with Crippen molar-refractivity contribution in [3.05, 3.63) is 35.9 Å². The van der Waals surface area contributed by atoms with Crippen molar-refractivity contribution in [3.8, 4) is 0 Å². The molecule has 0 saturated carbocycles. The minimum absolute atomic E-state index is 0.0251. The fraction of sp³-hybridized carbons (Fsp3) is 0.385. The molecule has 0 aliphatic carbocycles. The van der Waals surface area contributed by atoms with Crippen LogP contribution in [0.4, 0.5) is 0 Å². The Hall–Kier alpha value is -1.68. The fourth-order valence-corrected chi connectivity index (χ4v) is 1.67. The molecule has 0 amide bonds. The van der Waals surface area contributed by atoms with Crippen molar-refractivity contribution >= 4 is 11.8 Å². The first-order chi connectivity index (χ1) is 8.06. The third-order valence-corrected chi connectivity index (χ3v) is 2.53. The van der Waals surface area contributed by atoms with Crippen molar-refractivity contribution in [2.24, 2.45) is 5.92 Å². The molecule has 1 aromatic rings. The molecule has 2 atom stereocenters. The number of hydrogen-bond acceptors (Lipinski definition) is 4. The van der Waals surface area contributed by atoms with Gasteiger partial charge in [0.25, 0.3) is 0 Å². The van der Waals surface area contributed by atoms with Crippen LogP contribution in [0, 0.1) is 5.92 Å². The maximum Gasteiger partial charge on any atom is 0.312 e. The second kappa shape index (κ2) is 6.15. The van der Waals surface area contributed by atoms with E-state index in [2.05, 4.69) is 4.74 Å². The quantitative estimate of drug-likeness (QED) is 0.787. The summed E-state index contributed by atoms with van der Waals surface area (Å²) < 4.78 is 4.60. The zero-order valence-electron chi connectivity index (χ0n) is 9.92. The summed E-state index contributed by atoms with van der Waals surface area (Å²) in [5, 5.41) is 10.1. The van der Waals surface area contributed by atoms with Gasteiger partial charge in [0.1, 0.15) is 5.78 Å². The number of rotatable bonds is 5. The molecule has 1 aromatic carbocycles. The third kappa shape index (κ3) is 3.67. The summed E-state index contributed by atoms with van der Waals surface area (Å²) in [6.07, 6.45) is -1.05. The van der Waals surface area contributed by atoms with Gasteiger partial charge >= 0.3 is 5.97 Å². The van der Waals surface area contributed by atoms with Crippen molar-refractivity contribution in [2.75, 3.05) is 7.11 Å². The predicted molar refractivity (Wildman–Crippen MR) is 62.2 cm³/mol. The number of carbonyl (C=O) groups excluding carboxylic acids is 2. The molecular formula is C13H16O4. The van der Waals surface area contributed by atoms with Gasteiger partial charge < -0.3 is 14.6 Å². The molecule has 17 heavy (non-hydrogen) atoms. The largest absolute Gasteiger partial charge is 0.469 e. The van der Waals surface area contributed by atoms with Gasteiger partial charge in [0, 0.05) is 6.42 Å². The zero-order valence-corrected chi connectivity index (χ0v) is 9.92. The van der Waals surface area contributed by atoms with E-state index in [-0.39, 0.29) is 12.2 Å². The average molecular weight is 236 g/mol. The smallest absolute Gasteiger partial charge is 0.312 e. The minimum atomic E-state index is -1.02. The van der Waals surface area contributed by atoms with E-state index in [1.54, 1.807) is 24.3 Å². The van der Waals surface area contributed by atoms with Gasteiger partial charge in [-0.25, -0.2) is 0 Å². The van der Waals surface area contributed by atoms with E-state index in [0.717, 1.165) is 0 Å². The molecule has 0 radical (unpaired) electrons. The van der Waals surface area contributed by atoms with Gasteiger partial charge in [0.05, 0.1) is 19.1 Å². The summed E-state index contributed by atoms with van der Waals surface area (Å²) in [6, 6.07) is 8.76. The molecule has 0 aliphatic rings. The third-order valence-electron chi connectivity index (χ3n) is 2.53. The van der Waals surface area contributed by atoms with Crippen LogP contribution in [0.2, 0.25) is 0 Å².